The molecule has 162 valence electrons. The molecule has 1 saturated heterocycles. The molecule has 2 heteroatoms. The van der Waals surface area contributed by atoms with Crippen LogP contribution in [0.4, 0.5) is 0 Å². The first kappa shape index (κ1) is 25.3. The van der Waals surface area contributed by atoms with Gasteiger partial charge in [0.1, 0.15) is 5.56 Å². The van der Waals surface area contributed by atoms with Crippen LogP contribution in [0.3, 0.4) is 0 Å². The van der Waals surface area contributed by atoms with Crippen molar-refractivity contribution in [3.05, 3.63) is 0 Å². The average Bonchev–Trinajstić information content (AvgIpc) is 2.69. The summed E-state index contributed by atoms with van der Waals surface area (Å²) in [6.45, 7) is 5.44. The maximum absolute atomic E-state index is 6.35. The van der Waals surface area contributed by atoms with Gasteiger partial charge in [-0.3, -0.25) is 0 Å². The minimum Gasteiger partial charge on any atom is -0.362 e. The Hall–Kier alpha value is 0.250. The fourth-order valence-electron chi connectivity index (χ4n) is 4.46. The predicted molar refractivity (Wildman–Crippen MR) is 122 cm³/mol. The van der Waals surface area contributed by atoms with Crippen molar-refractivity contribution < 1.29 is 4.74 Å². The summed E-state index contributed by atoms with van der Waals surface area (Å²) in [5.41, 5.74) is -0.0239. The monoisotopic (exact) mass is 400 g/mol. The van der Waals surface area contributed by atoms with Crippen LogP contribution in [0, 0.1) is 11.8 Å². The maximum atomic E-state index is 6.35. The van der Waals surface area contributed by atoms with Crippen LogP contribution in [-0.4, -0.2) is 12.2 Å². The summed E-state index contributed by atoms with van der Waals surface area (Å²) in [6.07, 6.45) is 26.8. The van der Waals surface area contributed by atoms with Crippen molar-refractivity contribution in [3.63, 3.8) is 0 Å². The molecule has 27 heavy (non-hydrogen) atoms. The SMILES string of the molecule is CCCCCCCCCCCCCCCCCCC1CC(CC)COC1Cl. The Morgan fingerprint density at radius 2 is 1.11 bits per heavy atom. The van der Waals surface area contributed by atoms with E-state index in [0.717, 1.165) is 12.5 Å². The van der Waals surface area contributed by atoms with Crippen LogP contribution < -0.4 is 0 Å². The van der Waals surface area contributed by atoms with Gasteiger partial charge in [-0.25, -0.2) is 0 Å². The molecule has 0 spiro atoms. The van der Waals surface area contributed by atoms with Gasteiger partial charge in [-0.1, -0.05) is 135 Å². The van der Waals surface area contributed by atoms with E-state index in [1.807, 2.05) is 0 Å². The Bertz CT molecular complexity index is 307. The van der Waals surface area contributed by atoms with Gasteiger partial charge in [-0.2, -0.15) is 0 Å². The second-order valence-electron chi connectivity index (χ2n) is 9.05. The zero-order chi connectivity index (χ0) is 19.6. The number of hydrogen-bond acceptors (Lipinski definition) is 1. The second kappa shape index (κ2) is 18.3. The number of hydrogen-bond donors (Lipinski definition) is 0. The number of alkyl halides is 1. The zero-order valence-electron chi connectivity index (χ0n) is 18.7. The molecule has 0 aromatic rings. The van der Waals surface area contributed by atoms with E-state index in [1.54, 1.807) is 0 Å². The molecule has 0 amide bonds. The molecule has 1 nitrogen and oxygen atoms in total. The van der Waals surface area contributed by atoms with Crippen LogP contribution in [0.25, 0.3) is 0 Å². The molecular weight excluding hydrogens is 352 g/mol. The van der Waals surface area contributed by atoms with Crippen molar-refractivity contribution in [2.24, 2.45) is 11.8 Å². The molecule has 0 aliphatic carbocycles. The molecule has 0 bridgehead atoms. The minimum absolute atomic E-state index is 0.0239. The first-order valence-electron chi connectivity index (χ1n) is 12.5. The number of ether oxygens (including phenoxy) is 1. The van der Waals surface area contributed by atoms with Gasteiger partial charge >= 0.3 is 0 Å². The van der Waals surface area contributed by atoms with E-state index in [-0.39, 0.29) is 5.56 Å². The van der Waals surface area contributed by atoms with Gasteiger partial charge in [0.15, 0.2) is 0 Å². The standard InChI is InChI=1S/C25H49ClO/c1-3-5-6-7-8-9-10-11-12-13-14-15-16-17-18-19-20-24-21-23(4-2)22-27-25(24)26/h23-25H,3-22H2,1-2H3. The van der Waals surface area contributed by atoms with Crippen LogP contribution in [-0.2, 0) is 4.74 Å². The van der Waals surface area contributed by atoms with E-state index in [0.29, 0.717) is 5.92 Å². The molecule has 1 heterocycles. The molecule has 0 radical (unpaired) electrons. The predicted octanol–water partition coefficient (Wildman–Crippen LogP) is 9.27. The molecule has 1 rings (SSSR count). The maximum Gasteiger partial charge on any atom is 0.134 e. The highest BCUT2D eigenvalue weighted by Gasteiger charge is 2.28. The van der Waals surface area contributed by atoms with Gasteiger partial charge in [-0.15, -0.1) is 0 Å². The molecule has 3 atom stereocenters. The summed E-state index contributed by atoms with van der Waals surface area (Å²) >= 11 is 6.35. The molecule has 1 aliphatic heterocycles. The van der Waals surface area contributed by atoms with Crippen molar-refractivity contribution in [1.29, 1.82) is 0 Å². The van der Waals surface area contributed by atoms with Gasteiger partial charge in [0, 0.05) is 0 Å². The summed E-state index contributed by atoms with van der Waals surface area (Å²) in [7, 11) is 0. The van der Waals surface area contributed by atoms with Crippen LogP contribution in [0.2, 0.25) is 0 Å². The van der Waals surface area contributed by atoms with Crippen LogP contribution in [0.1, 0.15) is 136 Å². The third-order valence-electron chi connectivity index (χ3n) is 6.50. The quantitative estimate of drug-likeness (QED) is 0.164. The van der Waals surface area contributed by atoms with Crippen molar-refractivity contribution in [3.8, 4) is 0 Å². The van der Waals surface area contributed by atoms with E-state index < -0.39 is 0 Å². The Balaban J connectivity index is 1.78. The van der Waals surface area contributed by atoms with E-state index in [2.05, 4.69) is 13.8 Å². The highest BCUT2D eigenvalue weighted by atomic mass is 35.5. The smallest absolute Gasteiger partial charge is 0.134 e. The highest BCUT2D eigenvalue weighted by molar-refractivity contribution is 6.19. The lowest BCUT2D eigenvalue weighted by atomic mass is 9.87. The molecule has 1 aliphatic rings. The van der Waals surface area contributed by atoms with E-state index >= 15 is 0 Å². The molecule has 3 unspecified atom stereocenters. The highest BCUT2D eigenvalue weighted by Crippen LogP contribution is 2.32. The summed E-state index contributed by atoms with van der Waals surface area (Å²) in [4.78, 5) is 0. The van der Waals surface area contributed by atoms with Crippen molar-refractivity contribution in [1.82, 2.24) is 0 Å². The Morgan fingerprint density at radius 1 is 0.667 bits per heavy atom. The van der Waals surface area contributed by atoms with Gasteiger partial charge in [0.25, 0.3) is 0 Å². The summed E-state index contributed by atoms with van der Waals surface area (Å²) < 4.78 is 5.74. The summed E-state index contributed by atoms with van der Waals surface area (Å²) in [6, 6.07) is 0. The molecule has 0 aromatic heterocycles. The summed E-state index contributed by atoms with van der Waals surface area (Å²) in [5.74, 6) is 1.34. The van der Waals surface area contributed by atoms with Gasteiger partial charge in [0.05, 0.1) is 6.61 Å². The Labute approximate surface area is 176 Å². The fourth-order valence-corrected chi connectivity index (χ4v) is 4.76. The lowest BCUT2D eigenvalue weighted by Gasteiger charge is -2.32. The van der Waals surface area contributed by atoms with Crippen molar-refractivity contribution in [2.75, 3.05) is 6.61 Å². The van der Waals surface area contributed by atoms with Crippen LogP contribution >= 0.6 is 11.6 Å². The molecule has 0 saturated carbocycles. The normalized spacial score (nSPS) is 23.0. The largest absolute Gasteiger partial charge is 0.362 e. The average molecular weight is 401 g/mol. The Morgan fingerprint density at radius 3 is 1.56 bits per heavy atom. The topological polar surface area (TPSA) is 9.23 Å². The van der Waals surface area contributed by atoms with E-state index in [9.17, 15) is 0 Å². The lowest BCUT2D eigenvalue weighted by Crippen LogP contribution is -2.30. The molecular formula is C25H49ClO. The number of rotatable bonds is 18. The van der Waals surface area contributed by atoms with Crippen molar-refractivity contribution >= 4 is 11.6 Å². The van der Waals surface area contributed by atoms with E-state index in [4.69, 9.17) is 16.3 Å². The van der Waals surface area contributed by atoms with Crippen LogP contribution in [0.15, 0.2) is 0 Å². The van der Waals surface area contributed by atoms with Crippen LogP contribution in [0.5, 0.6) is 0 Å². The minimum atomic E-state index is -0.0239. The Kier molecular flexibility index (Phi) is 17.1. The molecule has 1 fully saturated rings. The summed E-state index contributed by atoms with van der Waals surface area (Å²) in [5, 5.41) is 0. The number of unbranched alkanes of at least 4 members (excludes halogenated alkanes) is 15. The van der Waals surface area contributed by atoms with E-state index in [1.165, 1.54) is 122 Å². The zero-order valence-corrected chi connectivity index (χ0v) is 19.4. The molecule has 0 N–H and O–H groups in total. The third-order valence-corrected chi connectivity index (χ3v) is 6.99. The second-order valence-corrected chi connectivity index (χ2v) is 9.48. The van der Waals surface area contributed by atoms with Crippen molar-refractivity contribution in [2.45, 2.75) is 141 Å². The fraction of sp³-hybridized carbons (Fsp3) is 1.00. The first-order chi connectivity index (χ1) is 13.3. The van der Waals surface area contributed by atoms with Gasteiger partial charge < -0.3 is 4.74 Å². The lowest BCUT2D eigenvalue weighted by molar-refractivity contribution is -0.0153. The van der Waals surface area contributed by atoms with Gasteiger partial charge in [-0.05, 0) is 24.7 Å². The third kappa shape index (κ3) is 14.0. The number of halogens is 1. The van der Waals surface area contributed by atoms with Gasteiger partial charge in [0.2, 0.25) is 0 Å². The molecule has 0 aromatic carbocycles. The first-order valence-corrected chi connectivity index (χ1v) is 13.0.